The van der Waals surface area contributed by atoms with Crippen molar-refractivity contribution < 1.29 is 59.4 Å². The highest BCUT2D eigenvalue weighted by Gasteiger charge is 2.54. The molecule has 2 saturated heterocycles. The van der Waals surface area contributed by atoms with E-state index in [2.05, 4.69) is 0 Å². The first-order chi connectivity index (χ1) is 19.8. The number of aliphatic hydroxyl groups excluding tert-OH is 7. The van der Waals surface area contributed by atoms with Gasteiger partial charge in [-0.05, 0) is 19.4 Å². The lowest BCUT2D eigenvalue weighted by Gasteiger charge is -2.47. The summed E-state index contributed by atoms with van der Waals surface area (Å²) in [6.45, 7) is -0.714. The van der Waals surface area contributed by atoms with Crippen LogP contribution in [0, 0.1) is 5.92 Å². The van der Waals surface area contributed by atoms with Gasteiger partial charge in [0.05, 0.1) is 43.1 Å². The van der Waals surface area contributed by atoms with Crippen molar-refractivity contribution >= 4 is 0 Å². The molecule has 2 aliphatic carbocycles. The van der Waals surface area contributed by atoms with E-state index >= 15 is 0 Å². The van der Waals surface area contributed by atoms with Crippen LogP contribution in [-0.2, 0) is 23.7 Å². The monoisotopic (exact) mass is 612 g/mol. The molecule has 0 radical (unpaired) electrons. The summed E-state index contributed by atoms with van der Waals surface area (Å²) in [4.78, 5) is 0. The second-order valence-electron chi connectivity index (χ2n) is 11.7. The molecule has 4 fully saturated rings. The zero-order valence-electron chi connectivity index (χ0n) is 23.1. The molecule has 0 spiro atoms. The van der Waals surface area contributed by atoms with Crippen molar-refractivity contribution in [3.05, 3.63) is 0 Å². The van der Waals surface area contributed by atoms with E-state index in [1.165, 1.54) is 0 Å². The topological polar surface area (TPSA) is 344 Å². The van der Waals surface area contributed by atoms with Crippen molar-refractivity contribution in [2.45, 2.75) is 123 Å². The van der Waals surface area contributed by atoms with Crippen LogP contribution in [0.1, 0.15) is 12.8 Å². The van der Waals surface area contributed by atoms with E-state index in [1.54, 1.807) is 0 Å². The molecular weight excluding hydrogens is 564 g/mol. The van der Waals surface area contributed by atoms with Crippen LogP contribution in [0.5, 0.6) is 0 Å². The van der Waals surface area contributed by atoms with Gasteiger partial charge in [-0.1, -0.05) is 0 Å². The van der Waals surface area contributed by atoms with Crippen LogP contribution in [0.3, 0.4) is 0 Å². The summed E-state index contributed by atoms with van der Waals surface area (Å²) in [5, 5.41) is 73.3. The van der Waals surface area contributed by atoms with E-state index in [1.807, 2.05) is 0 Å². The first kappa shape index (κ1) is 34.2. The molecule has 0 bridgehead atoms. The molecule has 0 aromatic carbocycles. The minimum atomic E-state index is -1.57. The Kier molecular flexibility index (Phi) is 11.5. The Morgan fingerprint density at radius 1 is 0.571 bits per heavy atom. The SMILES string of the molecule is NCC1CC(OC2C(N)CC(N)C(O)C2OC2OC(CO)C(OC3OC(CN)C(O)C(O)C3N)C2O)C(N)C(O)C1O. The van der Waals surface area contributed by atoms with Crippen LogP contribution in [0.25, 0.3) is 0 Å². The van der Waals surface area contributed by atoms with Crippen molar-refractivity contribution in [2.24, 2.45) is 40.3 Å². The highest BCUT2D eigenvalue weighted by molar-refractivity contribution is 5.03. The van der Waals surface area contributed by atoms with Crippen LogP contribution in [0.4, 0.5) is 0 Å². The lowest BCUT2D eigenvalue weighted by Crippen LogP contribution is -2.67. The molecule has 19 atom stereocenters. The first-order valence-corrected chi connectivity index (χ1v) is 14.2. The zero-order valence-corrected chi connectivity index (χ0v) is 23.1. The molecule has 18 nitrogen and oxygen atoms in total. The first-order valence-electron chi connectivity index (χ1n) is 14.2. The maximum Gasteiger partial charge on any atom is 0.187 e. The van der Waals surface area contributed by atoms with Gasteiger partial charge in [0.1, 0.15) is 48.8 Å². The molecule has 19 unspecified atom stereocenters. The van der Waals surface area contributed by atoms with E-state index in [0.29, 0.717) is 0 Å². The fourth-order valence-electron chi connectivity index (χ4n) is 6.22. The standard InChI is InChI=1S/C24H48N6O12/c25-3-6-1-9(12(29)17(35)14(6)32)38-20-8(28)2-7(27)15(33)22(20)42-24-19(37)21(11(5-31)40-24)41-23-13(30)18(36)16(34)10(4-26)39-23/h6-24,31-37H,1-5,25-30H2. The molecule has 19 N–H and O–H groups in total. The third kappa shape index (κ3) is 6.62. The van der Waals surface area contributed by atoms with Crippen molar-refractivity contribution in [3.8, 4) is 0 Å². The maximum atomic E-state index is 11.1. The van der Waals surface area contributed by atoms with Gasteiger partial charge in [-0.15, -0.1) is 0 Å². The second kappa shape index (κ2) is 14.1. The van der Waals surface area contributed by atoms with Gasteiger partial charge in [-0.3, -0.25) is 0 Å². The van der Waals surface area contributed by atoms with Gasteiger partial charge in [-0.2, -0.15) is 0 Å². The second-order valence-corrected chi connectivity index (χ2v) is 11.7. The number of ether oxygens (including phenoxy) is 5. The average molecular weight is 613 g/mol. The quantitative estimate of drug-likeness (QED) is 0.115. The van der Waals surface area contributed by atoms with E-state index < -0.39 is 123 Å². The molecular formula is C24H48N6O12. The van der Waals surface area contributed by atoms with Gasteiger partial charge in [0.15, 0.2) is 12.6 Å². The molecule has 4 aliphatic rings. The smallest absolute Gasteiger partial charge is 0.187 e. The number of rotatable bonds is 9. The Labute approximate surface area is 242 Å². The summed E-state index contributed by atoms with van der Waals surface area (Å²) in [6, 6.07) is -3.83. The maximum absolute atomic E-state index is 11.1. The Morgan fingerprint density at radius 3 is 1.81 bits per heavy atom. The Balaban J connectivity index is 1.50. The summed E-state index contributed by atoms with van der Waals surface area (Å²) >= 11 is 0. The van der Waals surface area contributed by atoms with Crippen molar-refractivity contribution in [1.29, 1.82) is 0 Å². The van der Waals surface area contributed by atoms with E-state index in [4.69, 9.17) is 58.1 Å². The normalized spacial score (nSPS) is 53.8. The number of hydrogen-bond acceptors (Lipinski definition) is 18. The largest absolute Gasteiger partial charge is 0.394 e. The van der Waals surface area contributed by atoms with Crippen LogP contribution >= 0.6 is 0 Å². The fraction of sp³-hybridized carbons (Fsp3) is 1.00. The average Bonchev–Trinajstić information content (AvgIpc) is 3.27. The van der Waals surface area contributed by atoms with Crippen LogP contribution in [-0.4, -0.2) is 165 Å². The van der Waals surface area contributed by atoms with Gasteiger partial charge in [-0.25, -0.2) is 0 Å². The van der Waals surface area contributed by atoms with Gasteiger partial charge in [0.2, 0.25) is 0 Å². The molecule has 18 heteroatoms. The molecule has 246 valence electrons. The molecule has 0 aromatic rings. The predicted molar refractivity (Wildman–Crippen MR) is 142 cm³/mol. The Hall–Kier alpha value is -0.720. The molecule has 0 aromatic heterocycles. The van der Waals surface area contributed by atoms with E-state index in [-0.39, 0.29) is 25.9 Å². The fourth-order valence-corrected chi connectivity index (χ4v) is 6.22. The van der Waals surface area contributed by atoms with Crippen LogP contribution in [0.15, 0.2) is 0 Å². The highest BCUT2D eigenvalue weighted by Crippen LogP contribution is 2.35. The summed E-state index contributed by atoms with van der Waals surface area (Å²) in [6.07, 6.45) is -17.2. The van der Waals surface area contributed by atoms with Gasteiger partial charge in [0.25, 0.3) is 0 Å². The van der Waals surface area contributed by atoms with Crippen LogP contribution in [0.2, 0.25) is 0 Å². The summed E-state index contributed by atoms with van der Waals surface area (Å²) in [5.41, 5.74) is 36.0. The zero-order chi connectivity index (χ0) is 31.0. The Morgan fingerprint density at radius 2 is 1.19 bits per heavy atom. The molecule has 2 heterocycles. The van der Waals surface area contributed by atoms with E-state index in [0.717, 1.165) is 0 Å². The number of hydrogen-bond donors (Lipinski definition) is 13. The van der Waals surface area contributed by atoms with Crippen molar-refractivity contribution in [1.82, 2.24) is 0 Å². The third-order valence-electron chi connectivity index (χ3n) is 8.93. The van der Waals surface area contributed by atoms with E-state index in [9.17, 15) is 35.7 Å². The van der Waals surface area contributed by atoms with Crippen molar-refractivity contribution in [2.75, 3.05) is 19.7 Å². The number of nitrogens with two attached hydrogens (primary N) is 6. The molecule has 2 aliphatic heterocycles. The molecule has 2 saturated carbocycles. The molecule has 0 amide bonds. The Bertz CT molecular complexity index is 867. The van der Waals surface area contributed by atoms with Gasteiger partial charge >= 0.3 is 0 Å². The van der Waals surface area contributed by atoms with Crippen LogP contribution < -0.4 is 34.4 Å². The third-order valence-corrected chi connectivity index (χ3v) is 8.93. The minimum Gasteiger partial charge on any atom is -0.394 e. The van der Waals surface area contributed by atoms with Gasteiger partial charge < -0.3 is 93.8 Å². The molecule has 42 heavy (non-hydrogen) atoms. The highest BCUT2D eigenvalue weighted by atomic mass is 16.8. The summed E-state index contributed by atoms with van der Waals surface area (Å²) in [5.74, 6) is -0.508. The number of aliphatic hydroxyl groups is 7. The van der Waals surface area contributed by atoms with Gasteiger partial charge in [0, 0.05) is 24.5 Å². The lowest BCUT2D eigenvalue weighted by atomic mass is 9.79. The lowest BCUT2D eigenvalue weighted by molar-refractivity contribution is -0.281. The van der Waals surface area contributed by atoms with Crippen molar-refractivity contribution in [3.63, 3.8) is 0 Å². The minimum absolute atomic E-state index is 0.0668. The predicted octanol–water partition coefficient (Wildman–Crippen LogP) is -8.23. The molecule has 4 rings (SSSR count). The summed E-state index contributed by atoms with van der Waals surface area (Å²) in [7, 11) is 0. The summed E-state index contributed by atoms with van der Waals surface area (Å²) < 4.78 is 29.3.